The molecule has 1 aromatic heterocycles. The zero-order chi connectivity index (χ0) is 9.42. The standard InChI is InChI=1S/C9H15N3S/c1-6(2)8-10-9(13-11-8)12-4-7(3)5-12/h6-7H,4-5H2,1-3H3. The van der Waals surface area contributed by atoms with Gasteiger partial charge in [0, 0.05) is 30.5 Å². The number of hydrogen-bond acceptors (Lipinski definition) is 4. The molecule has 13 heavy (non-hydrogen) atoms. The lowest BCUT2D eigenvalue weighted by atomic mass is 10.0. The molecule has 1 saturated heterocycles. The van der Waals surface area contributed by atoms with Crippen molar-refractivity contribution in [2.45, 2.75) is 26.7 Å². The number of rotatable bonds is 2. The van der Waals surface area contributed by atoms with E-state index < -0.39 is 0 Å². The Hall–Kier alpha value is -0.640. The summed E-state index contributed by atoms with van der Waals surface area (Å²) in [6, 6.07) is 0. The molecule has 3 nitrogen and oxygen atoms in total. The lowest BCUT2D eigenvalue weighted by Gasteiger charge is -2.36. The highest BCUT2D eigenvalue weighted by molar-refractivity contribution is 7.09. The van der Waals surface area contributed by atoms with E-state index in [-0.39, 0.29) is 0 Å². The minimum absolute atomic E-state index is 0.448. The Morgan fingerprint density at radius 3 is 2.62 bits per heavy atom. The first kappa shape index (κ1) is 8.94. The average molecular weight is 197 g/mol. The number of nitrogens with zero attached hydrogens (tertiary/aromatic N) is 3. The normalized spacial score (nSPS) is 18.0. The third kappa shape index (κ3) is 1.68. The summed E-state index contributed by atoms with van der Waals surface area (Å²) >= 11 is 1.53. The van der Waals surface area contributed by atoms with Gasteiger partial charge in [0.1, 0.15) is 5.82 Å². The second kappa shape index (κ2) is 3.25. The monoisotopic (exact) mass is 197 g/mol. The van der Waals surface area contributed by atoms with Crippen LogP contribution in [0.5, 0.6) is 0 Å². The first-order valence-corrected chi connectivity index (χ1v) is 5.52. The van der Waals surface area contributed by atoms with Crippen LogP contribution in [0.2, 0.25) is 0 Å². The summed E-state index contributed by atoms with van der Waals surface area (Å²) in [6.45, 7) is 8.81. The lowest BCUT2D eigenvalue weighted by Crippen LogP contribution is -2.45. The van der Waals surface area contributed by atoms with Gasteiger partial charge in [0.25, 0.3) is 0 Å². The third-order valence-corrected chi connectivity index (χ3v) is 3.07. The van der Waals surface area contributed by atoms with E-state index in [9.17, 15) is 0 Å². The first-order valence-electron chi connectivity index (χ1n) is 4.75. The zero-order valence-corrected chi connectivity index (χ0v) is 9.14. The van der Waals surface area contributed by atoms with Crippen LogP contribution in [0, 0.1) is 5.92 Å². The summed E-state index contributed by atoms with van der Waals surface area (Å²) in [5, 5.41) is 1.10. The fourth-order valence-electron chi connectivity index (χ4n) is 1.44. The highest BCUT2D eigenvalue weighted by atomic mass is 32.1. The van der Waals surface area contributed by atoms with Crippen molar-refractivity contribution < 1.29 is 0 Å². The van der Waals surface area contributed by atoms with Crippen molar-refractivity contribution in [3.63, 3.8) is 0 Å². The Morgan fingerprint density at radius 1 is 1.46 bits per heavy atom. The fourth-order valence-corrected chi connectivity index (χ4v) is 2.27. The van der Waals surface area contributed by atoms with E-state index in [2.05, 4.69) is 35.0 Å². The molecule has 1 fully saturated rings. The Labute approximate surface area is 83.0 Å². The van der Waals surface area contributed by atoms with Gasteiger partial charge in [-0.1, -0.05) is 20.8 Å². The van der Waals surface area contributed by atoms with Crippen LogP contribution in [0.1, 0.15) is 32.5 Å². The van der Waals surface area contributed by atoms with Crippen LogP contribution in [0.15, 0.2) is 0 Å². The van der Waals surface area contributed by atoms with E-state index in [0.717, 1.165) is 30.0 Å². The number of anilines is 1. The number of hydrogen-bond donors (Lipinski definition) is 0. The summed E-state index contributed by atoms with van der Waals surface area (Å²) in [4.78, 5) is 6.80. The Morgan fingerprint density at radius 2 is 2.15 bits per heavy atom. The van der Waals surface area contributed by atoms with Gasteiger partial charge in [-0.15, -0.1) is 0 Å². The molecule has 2 heterocycles. The van der Waals surface area contributed by atoms with Crippen LogP contribution in [0.4, 0.5) is 5.13 Å². The topological polar surface area (TPSA) is 29.0 Å². The van der Waals surface area contributed by atoms with Gasteiger partial charge in [-0.3, -0.25) is 0 Å². The molecule has 1 aliphatic rings. The highest BCUT2D eigenvalue weighted by Gasteiger charge is 2.25. The van der Waals surface area contributed by atoms with Gasteiger partial charge in [0.15, 0.2) is 0 Å². The molecule has 2 rings (SSSR count). The van der Waals surface area contributed by atoms with Crippen LogP contribution in [0.3, 0.4) is 0 Å². The predicted octanol–water partition coefficient (Wildman–Crippen LogP) is 2.12. The maximum absolute atomic E-state index is 4.50. The quantitative estimate of drug-likeness (QED) is 0.727. The summed E-state index contributed by atoms with van der Waals surface area (Å²) < 4.78 is 4.33. The molecular formula is C9H15N3S. The van der Waals surface area contributed by atoms with Crippen molar-refractivity contribution in [2.24, 2.45) is 5.92 Å². The van der Waals surface area contributed by atoms with Gasteiger partial charge < -0.3 is 4.90 Å². The Balaban J connectivity index is 2.06. The average Bonchev–Trinajstić information content (AvgIpc) is 2.46. The van der Waals surface area contributed by atoms with Crippen LogP contribution < -0.4 is 4.90 Å². The molecule has 0 atom stereocenters. The van der Waals surface area contributed by atoms with E-state index in [1.807, 2.05) is 0 Å². The summed E-state index contributed by atoms with van der Waals surface area (Å²) in [5.41, 5.74) is 0. The van der Waals surface area contributed by atoms with Gasteiger partial charge in [0.2, 0.25) is 5.13 Å². The summed E-state index contributed by atoms with van der Waals surface area (Å²) in [7, 11) is 0. The van der Waals surface area contributed by atoms with Crippen molar-refractivity contribution in [3.8, 4) is 0 Å². The van der Waals surface area contributed by atoms with Gasteiger partial charge in [-0.2, -0.15) is 4.37 Å². The third-order valence-electron chi connectivity index (χ3n) is 2.28. The van der Waals surface area contributed by atoms with Crippen molar-refractivity contribution in [3.05, 3.63) is 5.82 Å². The maximum Gasteiger partial charge on any atom is 0.205 e. The van der Waals surface area contributed by atoms with E-state index in [4.69, 9.17) is 0 Å². The summed E-state index contributed by atoms with van der Waals surface area (Å²) in [5.74, 6) is 2.26. The SMILES string of the molecule is CC1CN(c2nc(C(C)C)ns2)C1. The van der Waals surface area contributed by atoms with Crippen LogP contribution in [0.25, 0.3) is 0 Å². The molecule has 0 saturated carbocycles. The molecule has 4 heteroatoms. The van der Waals surface area contributed by atoms with Gasteiger partial charge in [-0.05, 0) is 5.92 Å². The van der Waals surface area contributed by atoms with Crippen molar-refractivity contribution in [2.75, 3.05) is 18.0 Å². The molecule has 0 bridgehead atoms. The molecule has 0 N–H and O–H groups in total. The predicted molar refractivity (Wildman–Crippen MR) is 55.4 cm³/mol. The van der Waals surface area contributed by atoms with E-state index in [0.29, 0.717) is 5.92 Å². The molecule has 72 valence electrons. The van der Waals surface area contributed by atoms with Crippen LogP contribution in [-0.2, 0) is 0 Å². The molecule has 0 unspecified atom stereocenters. The van der Waals surface area contributed by atoms with Crippen molar-refractivity contribution in [1.29, 1.82) is 0 Å². The Bertz CT molecular complexity index is 289. The molecule has 0 aromatic carbocycles. The van der Waals surface area contributed by atoms with Gasteiger partial charge in [-0.25, -0.2) is 4.98 Å². The van der Waals surface area contributed by atoms with Crippen LogP contribution >= 0.6 is 11.5 Å². The molecule has 0 spiro atoms. The molecule has 0 amide bonds. The van der Waals surface area contributed by atoms with E-state index in [1.165, 1.54) is 11.5 Å². The maximum atomic E-state index is 4.50. The minimum Gasteiger partial charge on any atom is -0.346 e. The second-order valence-electron chi connectivity index (χ2n) is 4.10. The first-order chi connectivity index (χ1) is 6.16. The van der Waals surface area contributed by atoms with E-state index in [1.54, 1.807) is 0 Å². The van der Waals surface area contributed by atoms with Gasteiger partial charge in [0.05, 0.1) is 0 Å². The lowest BCUT2D eigenvalue weighted by molar-refractivity contribution is 0.446. The zero-order valence-electron chi connectivity index (χ0n) is 8.32. The fraction of sp³-hybridized carbons (Fsp3) is 0.778. The highest BCUT2D eigenvalue weighted by Crippen LogP contribution is 2.27. The smallest absolute Gasteiger partial charge is 0.205 e. The van der Waals surface area contributed by atoms with Gasteiger partial charge >= 0.3 is 0 Å². The largest absolute Gasteiger partial charge is 0.346 e. The van der Waals surface area contributed by atoms with Crippen LogP contribution in [-0.4, -0.2) is 22.4 Å². The number of aromatic nitrogens is 2. The molecule has 1 aliphatic heterocycles. The molecule has 0 aliphatic carbocycles. The van der Waals surface area contributed by atoms with Crippen molar-refractivity contribution in [1.82, 2.24) is 9.36 Å². The van der Waals surface area contributed by atoms with Crippen molar-refractivity contribution >= 4 is 16.7 Å². The Kier molecular flexibility index (Phi) is 2.24. The summed E-state index contributed by atoms with van der Waals surface area (Å²) in [6.07, 6.45) is 0. The van der Waals surface area contributed by atoms with E-state index >= 15 is 0 Å². The molecule has 0 radical (unpaired) electrons. The second-order valence-corrected chi connectivity index (χ2v) is 4.83. The molecular weight excluding hydrogens is 182 g/mol. The minimum atomic E-state index is 0.448. The molecule has 1 aromatic rings.